The van der Waals surface area contributed by atoms with Crippen LogP contribution in [-0.4, -0.2) is 26.5 Å². The fourth-order valence-corrected chi connectivity index (χ4v) is 1.90. The molecule has 1 N–H and O–H groups in total. The summed E-state index contributed by atoms with van der Waals surface area (Å²) in [5.74, 6) is -0.0843. The Labute approximate surface area is 95.6 Å². The van der Waals surface area contributed by atoms with Crippen LogP contribution in [0.25, 0.3) is 0 Å². The second-order valence-corrected chi connectivity index (χ2v) is 6.10. The summed E-state index contributed by atoms with van der Waals surface area (Å²) in [4.78, 5) is 0. The SMILES string of the molecule is CCS(=O)(=O)CCNc1ccc(C)c(F)c1. The predicted octanol–water partition coefficient (Wildman–Crippen LogP) is 1.98. The lowest BCUT2D eigenvalue weighted by molar-refractivity contribution is 0.597. The number of nitrogens with one attached hydrogen (secondary N) is 1. The van der Waals surface area contributed by atoms with Crippen molar-refractivity contribution in [3.05, 3.63) is 29.6 Å². The summed E-state index contributed by atoms with van der Waals surface area (Å²) in [6.45, 7) is 3.60. The van der Waals surface area contributed by atoms with E-state index in [9.17, 15) is 12.8 Å². The van der Waals surface area contributed by atoms with E-state index in [0.717, 1.165) is 0 Å². The maximum atomic E-state index is 13.1. The standard InChI is InChI=1S/C11H16FNO2S/c1-3-16(14,15)7-6-13-10-5-4-9(2)11(12)8-10/h4-5,8,13H,3,6-7H2,1-2H3. The van der Waals surface area contributed by atoms with Gasteiger partial charge in [-0.2, -0.15) is 0 Å². The van der Waals surface area contributed by atoms with E-state index in [2.05, 4.69) is 5.32 Å². The molecule has 1 aromatic carbocycles. The molecule has 0 atom stereocenters. The minimum absolute atomic E-state index is 0.0684. The molecule has 0 amide bonds. The largest absolute Gasteiger partial charge is 0.384 e. The van der Waals surface area contributed by atoms with Crippen molar-refractivity contribution in [2.45, 2.75) is 13.8 Å². The highest BCUT2D eigenvalue weighted by Crippen LogP contribution is 2.13. The molecule has 0 unspecified atom stereocenters. The van der Waals surface area contributed by atoms with E-state index in [1.54, 1.807) is 26.0 Å². The first-order chi connectivity index (χ1) is 7.44. The van der Waals surface area contributed by atoms with Gasteiger partial charge in [0.25, 0.3) is 0 Å². The smallest absolute Gasteiger partial charge is 0.151 e. The Kier molecular flexibility index (Phi) is 4.29. The minimum atomic E-state index is -2.96. The van der Waals surface area contributed by atoms with E-state index in [4.69, 9.17) is 0 Å². The topological polar surface area (TPSA) is 46.2 Å². The molecule has 0 bridgehead atoms. The zero-order chi connectivity index (χ0) is 12.2. The van der Waals surface area contributed by atoms with Gasteiger partial charge < -0.3 is 5.32 Å². The van der Waals surface area contributed by atoms with Crippen molar-refractivity contribution in [1.82, 2.24) is 0 Å². The summed E-state index contributed by atoms with van der Waals surface area (Å²) in [5, 5.41) is 2.88. The van der Waals surface area contributed by atoms with Crippen molar-refractivity contribution in [2.24, 2.45) is 0 Å². The summed E-state index contributed by atoms with van der Waals surface area (Å²) in [6.07, 6.45) is 0. The number of halogens is 1. The first kappa shape index (κ1) is 13.0. The van der Waals surface area contributed by atoms with Crippen molar-refractivity contribution in [3.8, 4) is 0 Å². The van der Waals surface area contributed by atoms with Crippen LogP contribution in [0, 0.1) is 12.7 Å². The van der Waals surface area contributed by atoms with E-state index in [-0.39, 0.29) is 17.3 Å². The lowest BCUT2D eigenvalue weighted by Gasteiger charge is -2.07. The van der Waals surface area contributed by atoms with Crippen LogP contribution in [0.4, 0.5) is 10.1 Å². The zero-order valence-corrected chi connectivity index (χ0v) is 10.3. The highest BCUT2D eigenvalue weighted by atomic mass is 32.2. The molecule has 0 radical (unpaired) electrons. The summed E-state index contributed by atoms with van der Waals surface area (Å²) < 4.78 is 35.5. The van der Waals surface area contributed by atoms with Gasteiger partial charge in [-0.25, -0.2) is 12.8 Å². The molecule has 0 aliphatic rings. The van der Waals surface area contributed by atoms with Gasteiger partial charge in [-0.05, 0) is 24.6 Å². The van der Waals surface area contributed by atoms with Crippen molar-refractivity contribution >= 4 is 15.5 Å². The van der Waals surface area contributed by atoms with E-state index >= 15 is 0 Å². The van der Waals surface area contributed by atoms with Crippen LogP contribution in [0.5, 0.6) is 0 Å². The third-order valence-electron chi connectivity index (χ3n) is 2.35. The van der Waals surface area contributed by atoms with Crippen LogP contribution in [-0.2, 0) is 9.84 Å². The number of hydrogen-bond donors (Lipinski definition) is 1. The van der Waals surface area contributed by atoms with E-state index in [1.807, 2.05) is 0 Å². The fourth-order valence-electron chi connectivity index (χ4n) is 1.20. The monoisotopic (exact) mass is 245 g/mol. The molecule has 3 nitrogen and oxygen atoms in total. The Morgan fingerprint density at radius 2 is 2.06 bits per heavy atom. The Morgan fingerprint density at radius 3 is 2.62 bits per heavy atom. The zero-order valence-electron chi connectivity index (χ0n) is 9.46. The van der Waals surface area contributed by atoms with Gasteiger partial charge in [0.15, 0.2) is 9.84 Å². The minimum Gasteiger partial charge on any atom is -0.384 e. The first-order valence-corrected chi connectivity index (χ1v) is 6.97. The lowest BCUT2D eigenvalue weighted by atomic mass is 10.2. The molecule has 90 valence electrons. The number of aryl methyl sites for hydroxylation is 1. The Balaban J connectivity index is 2.53. The third-order valence-corrected chi connectivity index (χ3v) is 4.06. The molecule has 1 aromatic rings. The molecule has 0 spiro atoms. The van der Waals surface area contributed by atoms with Crippen molar-refractivity contribution in [2.75, 3.05) is 23.4 Å². The summed E-state index contributed by atoms with van der Waals surface area (Å²) in [5.41, 5.74) is 1.18. The van der Waals surface area contributed by atoms with Crippen molar-refractivity contribution < 1.29 is 12.8 Å². The Hall–Kier alpha value is -1.10. The molecule has 5 heteroatoms. The van der Waals surface area contributed by atoms with Gasteiger partial charge >= 0.3 is 0 Å². The number of rotatable bonds is 5. The molecule has 0 saturated heterocycles. The molecular formula is C11H16FNO2S. The van der Waals surface area contributed by atoms with Crippen LogP contribution in [0.1, 0.15) is 12.5 Å². The van der Waals surface area contributed by atoms with Crippen LogP contribution in [0.2, 0.25) is 0 Å². The third kappa shape index (κ3) is 3.81. The Bertz CT molecular complexity index is 457. The van der Waals surface area contributed by atoms with Crippen LogP contribution < -0.4 is 5.32 Å². The summed E-state index contributed by atoms with van der Waals surface area (Å²) >= 11 is 0. The van der Waals surface area contributed by atoms with Crippen molar-refractivity contribution in [1.29, 1.82) is 0 Å². The number of anilines is 1. The average molecular weight is 245 g/mol. The van der Waals surface area contributed by atoms with Crippen LogP contribution in [0.3, 0.4) is 0 Å². The van der Waals surface area contributed by atoms with Crippen molar-refractivity contribution in [3.63, 3.8) is 0 Å². The summed E-state index contributed by atoms with van der Waals surface area (Å²) in [7, 11) is -2.96. The van der Waals surface area contributed by atoms with E-state index in [0.29, 0.717) is 17.8 Å². The highest BCUT2D eigenvalue weighted by molar-refractivity contribution is 7.91. The molecule has 1 rings (SSSR count). The van der Waals surface area contributed by atoms with E-state index < -0.39 is 9.84 Å². The Morgan fingerprint density at radius 1 is 1.38 bits per heavy atom. The van der Waals surface area contributed by atoms with E-state index in [1.165, 1.54) is 6.07 Å². The second-order valence-electron chi connectivity index (χ2n) is 3.63. The van der Waals surface area contributed by atoms with Gasteiger partial charge in [0.05, 0.1) is 5.75 Å². The molecule has 0 heterocycles. The number of hydrogen-bond acceptors (Lipinski definition) is 3. The van der Waals surface area contributed by atoms with Gasteiger partial charge in [0.1, 0.15) is 5.82 Å². The lowest BCUT2D eigenvalue weighted by Crippen LogP contribution is -2.17. The molecule has 0 aromatic heterocycles. The second kappa shape index (κ2) is 5.30. The normalized spacial score (nSPS) is 11.4. The average Bonchev–Trinajstić information content (AvgIpc) is 2.23. The molecule has 0 aliphatic heterocycles. The predicted molar refractivity (Wildman–Crippen MR) is 64.0 cm³/mol. The van der Waals surface area contributed by atoms with Gasteiger partial charge in [-0.1, -0.05) is 13.0 Å². The van der Waals surface area contributed by atoms with Gasteiger partial charge in [-0.15, -0.1) is 0 Å². The first-order valence-electron chi connectivity index (χ1n) is 5.15. The molecule has 0 saturated carbocycles. The highest BCUT2D eigenvalue weighted by Gasteiger charge is 2.06. The van der Waals surface area contributed by atoms with Crippen LogP contribution in [0.15, 0.2) is 18.2 Å². The maximum Gasteiger partial charge on any atom is 0.151 e. The molecule has 16 heavy (non-hydrogen) atoms. The molecule has 0 aliphatic carbocycles. The van der Waals surface area contributed by atoms with Gasteiger partial charge in [0.2, 0.25) is 0 Å². The molecule has 0 fully saturated rings. The number of sulfone groups is 1. The van der Waals surface area contributed by atoms with Gasteiger partial charge in [-0.3, -0.25) is 0 Å². The summed E-state index contributed by atoms with van der Waals surface area (Å²) in [6, 6.07) is 4.76. The van der Waals surface area contributed by atoms with Crippen LogP contribution >= 0.6 is 0 Å². The van der Waals surface area contributed by atoms with Gasteiger partial charge in [0, 0.05) is 18.0 Å². The fraction of sp³-hybridized carbons (Fsp3) is 0.455. The molecular weight excluding hydrogens is 229 g/mol. The quantitative estimate of drug-likeness (QED) is 0.862. The maximum absolute atomic E-state index is 13.1. The number of benzene rings is 1.